The Bertz CT molecular complexity index is 3680. The van der Waals surface area contributed by atoms with Crippen molar-refractivity contribution in [1.29, 1.82) is 0 Å². The Hall–Kier alpha value is -7.16. The van der Waals surface area contributed by atoms with Crippen LogP contribution in [-0.2, 0) is 21.7 Å². The molecule has 11 aromatic rings. The van der Waals surface area contributed by atoms with Crippen LogP contribution >= 0.6 is 0 Å². The van der Waals surface area contributed by atoms with Crippen molar-refractivity contribution >= 4 is 71.2 Å². The average molecular weight is 911 g/mol. The van der Waals surface area contributed by atoms with Crippen LogP contribution in [0.1, 0.15) is 105 Å². The Morgan fingerprint density at radius 1 is 0.329 bits per heavy atom. The molecule has 0 fully saturated rings. The summed E-state index contributed by atoms with van der Waals surface area (Å²) in [5, 5.41) is 10.1. The second-order valence-corrected chi connectivity index (χ2v) is 24.0. The van der Waals surface area contributed by atoms with Crippen molar-refractivity contribution in [3.05, 3.63) is 204 Å². The molecule has 0 aliphatic carbocycles. The summed E-state index contributed by atoms with van der Waals surface area (Å²) in [5.74, 6) is 0. The average Bonchev–Trinajstić information content (AvgIpc) is 3.66. The maximum Gasteiger partial charge on any atom is 0.0541 e. The Balaban J connectivity index is 1.15. The molecule has 0 aliphatic rings. The summed E-state index contributed by atoms with van der Waals surface area (Å²) in [6.45, 7) is 27.9. The van der Waals surface area contributed by atoms with E-state index in [0.717, 1.165) is 17.1 Å². The zero-order valence-corrected chi connectivity index (χ0v) is 43.2. The molecule has 0 spiro atoms. The first-order valence-corrected chi connectivity index (χ1v) is 25.3. The third-order valence-corrected chi connectivity index (χ3v) is 14.9. The van der Waals surface area contributed by atoms with Gasteiger partial charge in [0, 0.05) is 32.8 Å². The minimum absolute atomic E-state index is 0.0370. The molecule has 0 radical (unpaired) electrons. The van der Waals surface area contributed by atoms with E-state index in [1.54, 1.807) is 0 Å². The Morgan fingerprint density at radius 3 is 1.33 bits per heavy atom. The summed E-state index contributed by atoms with van der Waals surface area (Å²) >= 11 is 0. The first-order valence-electron chi connectivity index (χ1n) is 25.3. The normalized spacial score (nSPS) is 12.9. The Labute approximate surface area is 415 Å². The molecule has 10 aromatic carbocycles. The highest BCUT2D eigenvalue weighted by Crippen LogP contribution is 2.49. The molecule has 1 heterocycles. The van der Waals surface area contributed by atoms with Crippen molar-refractivity contribution in [2.75, 3.05) is 4.90 Å². The summed E-state index contributed by atoms with van der Waals surface area (Å²) in [6, 6.07) is 69.3. The summed E-state index contributed by atoms with van der Waals surface area (Å²) in [6.07, 6.45) is 0. The van der Waals surface area contributed by atoms with Gasteiger partial charge in [-0.2, -0.15) is 0 Å². The highest BCUT2D eigenvalue weighted by Gasteiger charge is 2.28. The van der Waals surface area contributed by atoms with Gasteiger partial charge in [-0.15, -0.1) is 0 Å². The Morgan fingerprint density at radius 2 is 0.771 bits per heavy atom. The molecule has 2 nitrogen and oxygen atoms in total. The topological polar surface area (TPSA) is 8.17 Å². The number of para-hydroxylation sites is 3. The van der Waals surface area contributed by atoms with Gasteiger partial charge < -0.3 is 9.47 Å². The van der Waals surface area contributed by atoms with Gasteiger partial charge in [0.1, 0.15) is 0 Å². The number of hydrogen-bond donors (Lipinski definition) is 0. The van der Waals surface area contributed by atoms with E-state index in [-0.39, 0.29) is 21.7 Å². The molecule has 11 rings (SSSR count). The molecule has 2 heteroatoms. The molecule has 0 unspecified atom stereocenters. The largest absolute Gasteiger partial charge is 0.309 e. The van der Waals surface area contributed by atoms with Gasteiger partial charge in [-0.3, -0.25) is 0 Å². The van der Waals surface area contributed by atoms with Crippen LogP contribution in [0.2, 0.25) is 0 Å². The van der Waals surface area contributed by atoms with Crippen molar-refractivity contribution in [3.8, 4) is 27.9 Å². The minimum Gasteiger partial charge on any atom is -0.309 e. The first kappa shape index (κ1) is 45.3. The standard InChI is InChI=1S/C68H66N2/c1-65(2,3)48-37-47(38-49(39-48)66(4,5)6)43-25-27-44(28-26-43)53-19-13-16-22-58(53)69(52-41-50(67(7,8)9)40-51(42-52)68(10,11)12)61-35-31-45-30-34-57-62(36-32-46-29-33-56(61)63(45)64(46)57)70-59-23-17-14-20-54(59)55-21-15-18-24-60(55)70/h13-42H,1-12H3. The number of hydrogen-bond acceptors (Lipinski definition) is 1. The van der Waals surface area contributed by atoms with E-state index < -0.39 is 0 Å². The maximum absolute atomic E-state index is 2.57. The SMILES string of the molecule is CC(C)(C)c1cc(-c2ccc(-c3ccccc3N(c3cc(C(C)(C)C)cc(C(C)(C)C)c3)c3ccc4ccc5c(-n6c7ccccc7c7ccccc76)ccc6ccc3c4c65)cc2)cc(C(C)(C)C)c1. The lowest BCUT2D eigenvalue weighted by atomic mass is 9.79. The first-order chi connectivity index (χ1) is 33.2. The van der Waals surface area contributed by atoms with Crippen LogP contribution in [0.25, 0.3) is 82.1 Å². The fourth-order valence-electron chi connectivity index (χ4n) is 10.8. The molecule has 0 amide bonds. The molecule has 0 saturated carbocycles. The van der Waals surface area contributed by atoms with Gasteiger partial charge in [-0.1, -0.05) is 223 Å². The van der Waals surface area contributed by atoms with Gasteiger partial charge in [-0.25, -0.2) is 0 Å². The zero-order valence-electron chi connectivity index (χ0n) is 43.2. The summed E-state index contributed by atoms with van der Waals surface area (Å²) in [4.78, 5) is 2.57. The fourth-order valence-corrected chi connectivity index (χ4v) is 10.8. The second kappa shape index (κ2) is 16.2. The molecule has 0 aliphatic heterocycles. The highest BCUT2D eigenvalue weighted by molar-refractivity contribution is 6.27. The van der Waals surface area contributed by atoms with Gasteiger partial charge in [0.15, 0.2) is 0 Å². The van der Waals surface area contributed by atoms with Crippen molar-refractivity contribution in [1.82, 2.24) is 4.57 Å². The molecule has 0 saturated heterocycles. The Kier molecular flexibility index (Phi) is 10.5. The summed E-state index contributed by atoms with van der Waals surface area (Å²) < 4.78 is 2.47. The fraction of sp³-hybridized carbons (Fsp3) is 0.235. The molecule has 348 valence electrons. The molecular formula is C68H66N2. The van der Waals surface area contributed by atoms with Crippen molar-refractivity contribution in [2.45, 2.75) is 105 Å². The lowest BCUT2D eigenvalue weighted by Crippen LogP contribution is -2.19. The van der Waals surface area contributed by atoms with Crippen molar-refractivity contribution in [2.24, 2.45) is 0 Å². The van der Waals surface area contributed by atoms with Crippen molar-refractivity contribution < 1.29 is 0 Å². The van der Waals surface area contributed by atoms with E-state index in [2.05, 4.69) is 275 Å². The highest BCUT2D eigenvalue weighted by atomic mass is 15.1. The number of aromatic nitrogens is 1. The third-order valence-electron chi connectivity index (χ3n) is 14.9. The van der Waals surface area contributed by atoms with Gasteiger partial charge in [0.2, 0.25) is 0 Å². The van der Waals surface area contributed by atoms with Gasteiger partial charge in [-0.05, 0) is 125 Å². The van der Waals surface area contributed by atoms with E-state index in [1.807, 2.05) is 0 Å². The van der Waals surface area contributed by atoms with Crippen molar-refractivity contribution in [3.63, 3.8) is 0 Å². The van der Waals surface area contributed by atoms with E-state index >= 15 is 0 Å². The summed E-state index contributed by atoms with van der Waals surface area (Å²) in [7, 11) is 0. The lowest BCUT2D eigenvalue weighted by Gasteiger charge is -2.33. The molecule has 0 atom stereocenters. The third kappa shape index (κ3) is 7.73. The molecule has 0 bridgehead atoms. The van der Waals surface area contributed by atoms with E-state index in [9.17, 15) is 0 Å². The van der Waals surface area contributed by atoms with Crippen LogP contribution in [0, 0.1) is 0 Å². The number of rotatable bonds is 6. The lowest BCUT2D eigenvalue weighted by molar-refractivity contribution is 0.568. The van der Waals surface area contributed by atoms with E-state index in [4.69, 9.17) is 0 Å². The van der Waals surface area contributed by atoms with Crippen LogP contribution < -0.4 is 4.90 Å². The second-order valence-electron chi connectivity index (χ2n) is 24.0. The van der Waals surface area contributed by atoms with Crippen LogP contribution in [0.4, 0.5) is 17.1 Å². The maximum atomic E-state index is 2.57. The molecule has 0 N–H and O–H groups in total. The molecule has 1 aromatic heterocycles. The van der Waals surface area contributed by atoms with Gasteiger partial charge in [0.25, 0.3) is 0 Å². The molecular weight excluding hydrogens is 845 g/mol. The van der Waals surface area contributed by atoms with E-state index in [1.165, 1.54) is 104 Å². The number of fused-ring (bicyclic) bond motifs is 3. The monoisotopic (exact) mass is 911 g/mol. The van der Waals surface area contributed by atoms with Crippen LogP contribution in [0.15, 0.2) is 182 Å². The van der Waals surface area contributed by atoms with Crippen LogP contribution in [0.3, 0.4) is 0 Å². The smallest absolute Gasteiger partial charge is 0.0541 e. The van der Waals surface area contributed by atoms with E-state index in [0.29, 0.717) is 0 Å². The zero-order chi connectivity index (χ0) is 49.1. The van der Waals surface area contributed by atoms with Gasteiger partial charge in [0.05, 0.1) is 28.1 Å². The predicted octanol–water partition coefficient (Wildman–Crippen LogP) is 19.7. The quantitative estimate of drug-likeness (QED) is 0.151. The van der Waals surface area contributed by atoms with Crippen LogP contribution in [0.5, 0.6) is 0 Å². The predicted molar refractivity (Wildman–Crippen MR) is 305 cm³/mol. The minimum atomic E-state index is -0.0694. The number of anilines is 3. The number of benzene rings is 10. The molecule has 70 heavy (non-hydrogen) atoms. The van der Waals surface area contributed by atoms with Crippen LogP contribution in [-0.4, -0.2) is 4.57 Å². The number of nitrogens with zero attached hydrogens (tertiary/aromatic N) is 2. The van der Waals surface area contributed by atoms with Gasteiger partial charge >= 0.3 is 0 Å². The summed E-state index contributed by atoms with van der Waals surface area (Å²) in [5.41, 5.74) is 17.3.